The number of nitrogens with one attached hydrogen (secondary N) is 2. The summed E-state index contributed by atoms with van der Waals surface area (Å²) in [6.45, 7) is 4.77. The van der Waals surface area contributed by atoms with Crippen LogP contribution in [0.4, 0.5) is 5.00 Å². The number of aromatic amines is 1. The second kappa shape index (κ2) is 11.3. The number of fused-ring (bicyclic) bond motifs is 1. The van der Waals surface area contributed by atoms with Crippen molar-refractivity contribution in [1.29, 1.82) is 0 Å². The van der Waals surface area contributed by atoms with E-state index in [4.69, 9.17) is 14.2 Å². The van der Waals surface area contributed by atoms with Crippen LogP contribution in [0.15, 0.2) is 48.5 Å². The van der Waals surface area contributed by atoms with Gasteiger partial charge in [0, 0.05) is 5.56 Å². The number of carbonyl (C=O) groups excluding carboxylic acids is 4. The number of hydrogen-bond donors (Lipinski definition) is 2. The minimum Gasteiger partial charge on any atom is -0.465 e. The summed E-state index contributed by atoms with van der Waals surface area (Å²) in [5.41, 5.74) is 2.64. The van der Waals surface area contributed by atoms with Crippen LogP contribution in [-0.2, 0) is 19.0 Å². The second-order valence-corrected chi connectivity index (χ2v) is 9.18. The highest BCUT2D eigenvalue weighted by Gasteiger charge is 2.29. The van der Waals surface area contributed by atoms with Crippen LogP contribution in [0.25, 0.3) is 22.4 Å². The molecular formula is C27H25N3O7S. The Morgan fingerprint density at radius 3 is 2.45 bits per heavy atom. The van der Waals surface area contributed by atoms with E-state index in [9.17, 15) is 19.2 Å². The first-order valence-electron chi connectivity index (χ1n) is 11.7. The number of esters is 3. The standard InChI is InChI=1S/C27H25N3O7S/c1-5-36-27(34)21-14(2)20(26(33)35-4)24(38-21)30-23(31)15(3)37-25(32)17-11-7-6-10-16(17)22-28-18-12-8-9-13-19(18)29-22/h6-13,15H,5H2,1-4H3,(H,28,29)(H,30,31). The number of aromatic nitrogens is 2. The van der Waals surface area contributed by atoms with E-state index in [2.05, 4.69) is 15.3 Å². The Morgan fingerprint density at radius 1 is 1.03 bits per heavy atom. The molecule has 0 radical (unpaired) electrons. The molecule has 1 unspecified atom stereocenters. The summed E-state index contributed by atoms with van der Waals surface area (Å²) in [7, 11) is 1.19. The molecule has 11 heteroatoms. The highest BCUT2D eigenvalue weighted by atomic mass is 32.1. The molecule has 4 aromatic rings. The van der Waals surface area contributed by atoms with Crippen molar-refractivity contribution in [2.24, 2.45) is 0 Å². The molecule has 0 bridgehead atoms. The number of H-pyrrole nitrogens is 1. The second-order valence-electron chi connectivity index (χ2n) is 8.16. The summed E-state index contributed by atoms with van der Waals surface area (Å²) in [4.78, 5) is 58.6. The molecule has 2 N–H and O–H groups in total. The van der Waals surface area contributed by atoms with E-state index < -0.39 is 29.9 Å². The van der Waals surface area contributed by atoms with Crippen molar-refractivity contribution in [2.45, 2.75) is 26.9 Å². The fourth-order valence-corrected chi connectivity index (χ4v) is 4.87. The smallest absolute Gasteiger partial charge is 0.348 e. The van der Waals surface area contributed by atoms with E-state index in [1.54, 1.807) is 38.1 Å². The lowest BCUT2D eigenvalue weighted by atomic mass is 10.1. The number of carbonyl (C=O) groups is 4. The van der Waals surface area contributed by atoms with E-state index in [1.807, 2.05) is 24.3 Å². The molecule has 4 rings (SSSR count). The van der Waals surface area contributed by atoms with Crippen LogP contribution < -0.4 is 5.32 Å². The number of rotatable bonds is 8. The van der Waals surface area contributed by atoms with Crippen LogP contribution in [0.2, 0.25) is 0 Å². The van der Waals surface area contributed by atoms with E-state index in [0.29, 0.717) is 17.0 Å². The van der Waals surface area contributed by atoms with E-state index in [0.717, 1.165) is 22.4 Å². The Morgan fingerprint density at radius 2 is 1.74 bits per heavy atom. The predicted octanol–water partition coefficient (Wildman–Crippen LogP) is 4.75. The first-order valence-corrected chi connectivity index (χ1v) is 12.5. The molecule has 2 aromatic heterocycles. The minimum absolute atomic E-state index is 0.0302. The van der Waals surface area contributed by atoms with Crippen molar-refractivity contribution >= 4 is 51.2 Å². The van der Waals surface area contributed by atoms with Crippen molar-refractivity contribution in [2.75, 3.05) is 19.0 Å². The van der Waals surface area contributed by atoms with Gasteiger partial charge in [-0.25, -0.2) is 19.4 Å². The molecule has 196 valence electrons. The Labute approximate surface area is 221 Å². The summed E-state index contributed by atoms with van der Waals surface area (Å²) < 4.78 is 15.3. The van der Waals surface area contributed by atoms with Crippen molar-refractivity contribution in [3.05, 3.63) is 70.1 Å². The lowest BCUT2D eigenvalue weighted by Crippen LogP contribution is -2.30. The quantitative estimate of drug-likeness (QED) is 0.244. The Balaban J connectivity index is 1.55. The van der Waals surface area contributed by atoms with E-state index in [-0.39, 0.29) is 27.6 Å². The van der Waals surface area contributed by atoms with Crippen LogP contribution >= 0.6 is 11.3 Å². The monoisotopic (exact) mass is 535 g/mol. The van der Waals surface area contributed by atoms with Crippen molar-refractivity contribution in [3.8, 4) is 11.4 Å². The minimum atomic E-state index is -1.23. The molecule has 0 saturated carbocycles. The predicted molar refractivity (Wildman–Crippen MR) is 141 cm³/mol. The summed E-state index contributed by atoms with van der Waals surface area (Å²) in [5, 5.41) is 2.67. The highest BCUT2D eigenvalue weighted by Crippen LogP contribution is 2.34. The fourth-order valence-electron chi connectivity index (χ4n) is 3.78. The summed E-state index contributed by atoms with van der Waals surface area (Å²) in [6.07, 6.45) is -1.23. The van der Waals surface area contributed by atoms with Gasteiger partial charge in [-0.05, 0) is 44.5 Å². The molecule has 2 heterocycles. The van der Waals surface area contributed by atoms with Gasteiger partial charge in [-0.2, -0.15) is 0 Å². The van der Waals surface area contributed by atoms with Gasteiger partial charge in [0.15, 0.2) is 6.10 Å². The topological polar surface area (TPSA) is 137 Å². The zero-order valence-corrected chi connectivity index (χ0v) is 21.9. The van der Waals surface area contributed by atoms with Gasteiger partial charge in [-0.1, -0.05) is 30.3 Å². The first kappa shape index (κ1) is 26.6. The van der Waals surface area contributed by atoms with Crippen LogP contribution in [0.3, 0.4) is 0 Å². The van der Waals surface area contributed by atoms with Crippen molar-refractivity contribution in [3.63, 3.8) is 0 Å². The molecule has 0 aliphatic heterocycles. The van der Waals surface area contributed by atoms with Crippen molar-refractivity contribution < 1.29 is 33.4 Å². The van der Waals surface area contributed by atoms with Gasteiger partial charge in [0.1, 0.15) is 15.7 Å². The molecule has 0 aliphatic carbocycles. The number of ether oxygens (including phenoxy) is 3. The molecule has 0 fully saturated rings. The van der Waals surface area contributed by atoms with E-state index >= 15 is 0 Å². The summed E-state index contributed by atoms with van der Waals surface area (Å²) in [6, 6.07) is 14.2. The average molecular weight is 536 g/mol. The van der Waals surface area contributed by atoms with Crippen molar-refractivity contribution in [1.82, 2.24) is 9.97 Å². The molecule has 38 heavy (non-hydrogen) atoms. The van der Waals surface area contributed by atoms with Gasteiger partial charge in [0.2, 0.25) is 0 Å². The number of thiophene rings is 1. The normalized spacial score (nSPS) is 11.6. The van der Waals surface area contributed by atoms with Gasteiger partial charge in [0.25, 0.3) is 5.91 Å². The third-order valence-electron chi connectivity index (χ3n) is 5.68. The van der Waals surface area contributed by atoms with Crippen LogP contribution in [-0.4, -0.2) is 53.6 Å². The number of para-hydroxylation sites is 2. The maximum absolute atomic E-state index is 13.1. The molecule has 0 aliphatic rings. The number of benzene rings is 2. The summed E-state index contributed by atoms with van der Waals surface area (Å²) >= 11 is 0.880. The molecule has 0 saturated heterocycles. The van der Waals surface area contributed by atoms with Gasteiger partial charge in [0.05, 0.1) is 35.9 Å². The maximum atomic E-state index is 13.1. The van der Waals surface area contributed by atoms with Gasteiger partial charge in [-0.3, -0.25) is 4.79 Å². The number of imidazole rings is 1. The molecule has 1 amide bonds. The van der Waals surface area contributed by atoms with Gasteiger partial charge < -0.3 is 24.5 Å². The molecule has 0 spiro atoms. The van der Waals surface area contributed by atoms with Crippen LogP contribution in [0.1, 0.15) is 49.8 Å². The number of amides is 1. The SMILES string of the molecule is CCOC(=O)c1sc(NC(=O)C(C)OC(=O)c2ccccc2-c2nc3ccccc3[nH]2)c(C(=O)OC)c1C. The van der Waals surface area contributed by atoms with Gasteiger partial charge in [-0.15, -0.1) is 11.3 Å². The Bertz CT molecular complexity index is 1510. The maximum Gasteiger partial charge on any atom is 0.348 e. The van der Waals surface area contributed by atoms with Crippen LogP contribution in [0.5, 0.6) is 0 Å². The zero-order valence-electron chi connectivity index (χ0n) is 21.1. The zero-order chi connectivity index (χ0) is 27.4. The number of hydrogen-bond acceptors (Lipinski definition) is 9. The van der Waals surface area contributed by atoms with E-state index in [1.165, 1.54) is 14.0 Å². The summed E-state index contributed by atoms with van der Waals surface area (Å²) in [5.74, 6) is -2.29. The lowest BCUT2D eigenvalue weighted by Gasteiger charge is -2.14. The Hall–Kier alpha value is -4.51. The van der Waals surface area contributed by atoms with Crippen LogP contribution in [0, 0.1) is 6.92 Å². The lowest BCUT2D eigenvalue weighted by molar-refractivity contribution is -0.123. The average Bonchev–Trinajstić information content (AvgIpc) is 3.49. The number of methoxy groups -OCH3 is 1. The molecule has 2 aromatic carbocycles. The van der Waals surface area contributed by atoms with Gasteiger partial charge >= 0.3 is 17.9 Å². The molecular weight excluding hydrogens is 510 g/mol. The molecule has 10 nitrogen and oxygen atoms in total. The third-order valence-corrected chi connectivity index (χ3v) is 6.87. The first-order chi connectivity index (χ1) is 18.2. The molecule has 1 atom stereocenters. The fraction of sp³-hybridized carbons (Fsp3) is 0.222. The number of nitrogens with zero attached hydrogens (tertiary/aromatic N) is 1. The highest BCUT2D eigenvalue weighted by molar-refractivity contribution is 7.18. The largest absolute Gasteiger partial charge is 0.465 e. The Kier molecular flexibility index (Phi) is 7.87. The third kappa shape index (κ3) is 5.28. The number of anilines is 1.